The Morgan fingerprint density at radius 2 is 2.15 bits per heavy atom. The lowest BCUT2D eigenvalue weighted by Gasteiger charge is -2.30. The average Bonchev–Trinajstić information content (AvgIpc) is 3.26. The molecule has 0 spiro atoms. The Morgan fingerprint density at radius 1 is 1.42 bits per heavy atom. The van der Waals surface area contributed by atoms with Crippen molar-refractivity contribution in [2.75, 3.05) is 19.6 Å². The number of hydrogen-bond donors (Lipinski definition) is 2. The first kappa shape index (κ1) is 20.4. The van der Waals surface area contributed by atoms with Crippen molar-refractivity contribution in [2.45, 2.75) is 45.8 Å². The van der Waals surface area contributed by atoms with Crippen molar-refractivity contribution in [3.05, 3.63) is 22.4 Å². The van der Waals surface area contributed by atoms with Gasteiger partial charge in [0.2, 0.25) is 17.7 Å². The molecule has 0 saturated carbocycles. The Morgan fingerprint density at radius 3 is 2.69 bits per heavy atom. The van der Waals surface area contributed by atoms with Gasteiger partial charge in [0.25, 0.3) is 0 Å². The van der Waals surface area contributed by atoms with Crippen LogP contribution in [0.3, 0.4) is 0 Å². The van der Waals surface area contributed by atoms with Crippen molar-refractivity contribution < 1.29 is 14.4 Å². The summed E-state index contributed by atoms with van der Waals surface area (Å²) in [5, 5.41) is 4.74. The number of carbonyl (C=O) groups is 3. The molecular weight excluding hydrogens is 352 g/mol. The molecule has 7 nitrogen and oxygen atoms in total. The fourth-order valence-corrected chi connectivity index (χ4v) is 3.94. The maximum Gasteiger partial charge on any atom is 0.242 e. The Kier molecular flexibility index (Phi) is 7.16. The average molecular weight is 381 g/mol. The molecule has 2 unspecified atom stereocenters. The molecule has 1 fully saturated rings. The van der Waals surface area contributed by atoms with Gasteiger partial charge < -0.3 is 20.9 Å². The van der Waals surface area contributed by atoms with Gasteiger partial charge in [0.15, 0.2) is 0 Å². The van der Waals surface area contributed by atoms with Crippen LogP contribution < -0.4 is 11.1 Å². The first-order chi connectivity index (χ1) is 12.3. The van der Waals surface area contributed by atoms with Crippen molar-refractivity contribution in [1.82, 2.24) is 15.1 Å². The Balaban J connectivity index is 2.20. The van der Waals surface area contributed by atoms with Crippen LogP contribution in [0.15, 0.2) is 17.5 Å². The van der Waals surface area contributed by atoms with Crippen molar-refractivity contribution >= 4 is 29.1 Å². The molecule has 3 N–H and O–H groups in total. The van der Waals surface area contributed by atoms with E-state index in [4.69, 9.17) is 5.73 Å². The third kappa shape index (κ3) is 4.82. The molecule has 1 aliphatic heterocycles. The van der Waals surface area contributed by atoms with E-state index in [0.29, 0.717) is 32.6 Å². The Labute approximate surface area is 158 Å². The van der Waals surface area contributed by atoms with Crippen LogP contribution in [-0.4, -0.2) is 59.2 Å². The van der Waals surface area contributed by atoms with Crippen molar-refractivity contribution in [2.24, 2.45) is 11.7 Å². The summed E-state index contributed by atoms with van der Waals surface area (Å²) < 4.78 is 0. The van der Waals surface area contributed by atoms with Crippen LogP contribution >= 0.6 is 11.3 Å². The number of carbonyl (C=O) groups excluding carboxylic acids is 3. The molecule has 0 aliphatic carbocycles. The van der Waals surface area contributed by atoms with Crippen LogP contribution in [0, 0.1) is 5.92 Å². The maximum atomic E-state index is 12.8. The van der Waals surface area contributed by atoms with Gasteiger partial charge >= 0.3 is 0 Å². The highest BCUT2D eigenvalue weighted by molar-refractivity contribution is 7.09. The number of nitrogens with zero attached hydrogens (tertiary/aromatic N) is 2. The summed E-state index contributed by atoms with van der Waals surface area (Å²) in [6.07, 6.45) is 0.444. The number of thiophene rings is 1. The summed E-state index contributed by atoms with van der Waals surface area (Å²) in [7, 11) is 0. The predicted molar refractivity (Wildman–Crippen MR) is 101 cm³/mol. The second-order valence-corrected chi connectivity index (χ2v) is 7.89. The van der Waals surface area contributed by atoms with E-state index in [1.165, 1.54) is 6.92 Å². The van der Waals surface area contributed by atoms with E-state index < -0.39 is 6.04 Å². The Hall–Kier alpha value is -1.93. The molecular formula is C18H28N4O3S. The summed E-state index contributed by atoms with van der Waals surface area (Å²) >= 11 is 1.60. The number of nitrogens with one attached hydrogen (secondary N) is 1. The van der Waals surface area contributed by atoms with Gasteiger partial charge in [-0.2, -0.15) is 0 Å². The van der Waals surface area contributed by atoms with E-state index in [9.17, 15) is 14.4 Å². The zero-order chi connectivity index (χ0) is 19.3. The summed E-state index contributed by atoms with van der Waals surface area (Å²) in [4.78, 5) is 41.8. The van der Waals surface area contributed by atoms with Crippen molar-refractivity contribution in [1.29, 1.82) is 0 Å². The van der Waals surface area contributed by atoms with E-state index in [1.54, 1.807) is 16.2 Å². The molecule has 3 amide bonds. The summed E-state index contributed by atoms with van der Waals surface area (Å²) in [6, 6.07) is 3.21. The van der Waals surface area contributed by atoms with Gasteiger partial charge in [-0.05, 0) is 17.9 Å². The maximum absolute atomic E-state index is 12.8. The smallest absolute Gasteiger partial charge is 0.242 e. The lowest BCUT2D eigenvalue weighted by molar-refractivity contribution is -0.138. The summed E-state index contributed by atoms with van der Waals surface area (Å²) in [5.41, 5.74) is 5.45. The van der Waals surface area contributed by atoms with E-state index in [1.807, 2.05) is 36.3 Å². The minimum absolute atomic E-state index is 0.0370. The van der Waals surface area contributed by atoms with Crippen LogP contribution in [0.2, 0.25) is 0 Å². The third-order valence-electron chi connectivity index (χ3n) is 4.55. The third-order valence-corrected chi connectivity index (χ3v) is 5.41. The predicted octanol–water partition coefficient (Wildman–Crippen LogP) is 0.797. The molecule has 144 valence electrons. The second-order valence-electron chi connectivity index (χ2n) is 6.86. The molecule has 1 saturated heterocycles. The molecule has 1 aromatic heterocycles. The normalized spacial score (nSPS) is 19.7. The minimum Gasteiger partial charge on any atom is -0.353 e. The lowest BCUT2D eigenvalue weighted by Crippen LogP contribution is -2.46. The number of hydrogen-bond acceptors (Lipinski definition) is 5. The number of likely N-dealkylation sites (tertiary alicyclic amines) is 1. The molecule has 0 radical (unpaired) electrons. The van der Waals surface area contributed by atoms with Gasteiger partial charge in [0.1, 0.15) is 6.04 Å². The molecule has 8 heteroatoms. The van der Waals surface area contributed by atoms with E-state index in [2.05, 4.69) is 5.32 Å². The van der Waals surface area contributed by atoms with Crippen LogP contribution in [0.5, 0.6) is 0 Å². The first-order valence-electron chi connectivity index (χ1n) is 8.93. The summed E-state index contributed by atoms with van der Waals surface area (Å²) in [5.74, 6) is -0.476. The van der Waals surface area contributed by atoms with Crippen LogP contribution in [0.25, 0.3) is 0 Å². The first-order valence-corrected chi connectivity index (χ1v) is 9.81. The molecule has 26 heavy (non-hydrogen) atoms. The fourth-order valence-electron chi connectivity index (χ4n) is 3.24. The van der Waals surface area contributed by atoms with E-state index in [-0.39, 0.29) is 29.7 Å². The van der Waals surface area contributed by atoms with Crippen molar-refractivity contribution in [3.63, 3.8) is 0 Å². The standard InChI is InChI=1S/C18H28N4O3S/c1-12(2)18(25)22(11-15-5-4-8-26-15)14-9-16(17(24)20-7-6-19)21(10-14)13(3)23/h4-5,8,12,14,16H,6-7,9-11,19H2,1-3H3,(H,20,24). The Bertz CT molecular complexity index is 632. The fraction of sp³-hybridized carbons (Fsp3) is 0.611. The minimum atomic E-state index is -0.560. The molecule has 1 aromatic rings. The molecule has 2 heterocycles. The SMILES string of the molecule is CC(=O)N1CC(N(Cc2cccs2)C(=O)C(C)C)CC1C(=O)NCCN. The van der Waals surface area contributed by atoms with Crippen molar-refractivity contribution in [3.8, 4) is 0 Å². The number of nitrogens with two attached hydrogens (primary N) is 1. The zero-order valence-corrected chi connectivity index (χ0v) is 16.4. The monoisotopic (exact) mass is 380 g/mol. The summed E-state index contributed by atoms with van der Waals surface area (Å²) in [6.45, 7) is 6.79. The highest BCUT2D eigenvalue weighted by Gasteiger charge is 2.42. The van der Waals surface area contributed by atoms with Gasteiger partial charge in [-0.3, -0.25) is 14.4 Å². The zero-order valence-electron chi connectivity index (χ0n) is 15.6. The van der Waals surface area contributed by atoms with Gasteiger partial charge in [-0.1, -0.05) is 19.9 Å². The number of amides is 3. The molecule has 0 bridgehead atoms. The number of rotatable bonds is 7. The largest absolute Gasteiger partial charge is 0.353 e. The quantitative estimate of drug-likeness (QED) is 0.731. The molecule has 0 aromatic carbocycles. The van der Waals surface area contributed by atoms with Gasteiger partial charge in [0.05, 0.1) is 12.6 Å². The van der Waals surface area contributed by atoms with Gasteiger partial charge in [-0.15, -0.1) is 11.3 Å². The second kappa shape index (κ2) is 9.14. The van der Waals surface area contributed by atoms with E-state index in [0.717, 1.165) is 4.88 Å². The van der Waals surface area contributed by atoms with Crippen LogP contribution in [-0.2, 0) is 20.9 Å². The highest BCUT2D eigenvalue weighted by atomic mass is 32.1. The topological polar surface area (TPSA) is 95.7 Å². The molecule has 2 atom stereocenters. The van der Waals surface area contributed by atoms with Gasteiger partial charge in [-0.25, -0.2) is 0 Å². The molecule has 1 aliphatic rings. The molecule has 2 rings (SSSR count). The van der Waals surface area contributed by atoms with E-state index >= 15 is 0 Å². The lowest BCUT2D eigenvalue weighted by atomic mass is 10.1. The highest BCUT2D eigenvalue weighted by Crippen LogP contribution is 2.26. The van der Waals surface area contributed by atoms with Crippen LogP contribution in [0.1, 0.15) is 32.1 Å². The van der Waals surface area contributed by atoms with Crippen LogP contribution in [0.4, 0.5) is 0 Å². The van der Waals surface area contributed by atoms with Gasteiger partial charge in [0, 0.05) is 37.4 Å².